The first-order chi connectivity index (χ1) is 15.2. The molecule has 9 heteroatoms. The molecule has 0 radical (unpaired) electrons. The number of anilines is 1. The molecule has 9 nitrogen and oxygen atoms in total. The molecule has 0 saturated heterocycles. The van der Waals surface area contributed by atoms with Gasteiger partial charge in [-0.25, -0.2) is 19.9 Å². The van der Waals surface area contributed by atoms with Crippen molar-refractivity contribution >= 4 is 11.8 Å². The van der Waals surface area contributed by atoms with Crippen molar-refractivity contribution in [2.75, 3.05) is 11.9 Å². The van der Waals surface area contributed by atoms with E-state index in [0.29, 0.717) is 36.2 Å². The second kappa shape index (κ2) is 9.12. The maximum absolute atomic E-state index is 12.2. The van der Waals surface area contributed by atoms with E-state index in [4.69, 9.17) is 4.74 Å². The minimum atomic E-state index is -0.445. The van der Waals surface area contributed by atoms with E-state index in [9.17, 15) is 4.79 Å². The molecular formula is C22H21N7O2. The van der Waals surface area contributed by atoms with Crippen LogP contribution in [0.4, 0.5) is 5.82 Å². The van der Waals surface area contributed by atoms with E-state index in [0.717, 1.165) is 22.3 Å². The molecule has 0 aliphatic heterocycles. The predicted octanol–water partition coefficient (Wildman–Crippen LogP) is 3.42. The van der Waals surface area contributed by atoms with Crippen LogP contribution in [0, 0.1) is 6.92 Å². The molecule has 2 heterocycles. The van der Waals surface area contributed by atoms with Crippen molar-refractivity contribution in [2.24, 2.45) is 0 Å². The Hall–Kier alpha value is -4.14. The van der Waals surface area contributed by atoms with Crippen LogP contribution in [-0.4, -0.2) is 43.2 Å². The molecule has 2 aromatic heterocycles. The Balaban J connectivity index is 1.53. The van der Waals surface area contributed by atoms with Crippen molar-refractivity contribution in [2.45, 2.75) is 20.4 Å². The molecule has 4 rings (SSSR count). The molecule has 0 amide bonds. The zero-order chi connectivity index (χ0) is 21.6. The number of hydrogen-bond acceptors (Lipinski definition) is 8. The third kappa shape index (κ3) is 4.55. The number of carbonyl (C=O) groups excluding carboxylic acids is 1. The summed E-state index contributed by atoms with van der Waals surface area (Å²) in [5, 5.41) is 17.4. The summed E-state index contributed by atoms with van der Waals surface area (Å²) in [4.78, 5) is 20.6. The molecule has 0 unspecified atom stereocenters. The van der Waals surface area contributed by atoms with E-state index in [1.54, 1.807) is 13.8 Å². The van der Waals surface area contributed by atoms with Crippen LogP contribution in [-0.2, 0) is 11.3 Å². The fraction of sp³-hybridized carbons (Fsp3) is 0.182. The van der Waals surface area contributed by atoms with E-state index in [1.807, 2.05) is 48.5 Å². The highest BCUT2D eigenvalue weighted by atomic mass is 16.5. The van der Waals surface area contributed by atoms with Crippen LogP contribution in [0.5, 0.6) is 0 Å². The highest BCUT2D eigenvalue weighted by molar-refractivity contribution is 5.94. The Morgan fingerprint density at radius 1 is 1.10 bits per heavy atom. The number of hydrogen-bond donors (Lipinski definition) is 2. The van der Waals surface area contributed by atoms with Crippen LogP contribution in [0.3, 0.4) is 0 Å². The van der Waals surface area contributed by atoms with Gasteiger partial charge >= 0.3 is 5.97 Å². The summed E-state index contributed by atoms with van der Waals surface area (Å²) in [5.41, 5.74) is 4.35. The van der Waals surface area contributed by atoms with Crippen molar-refractivity contribution in [1.29, 1.82) is 0 Å². The first kappa shape index (κ1) is 20.1. The molecule has 2 N–H and O–H groups in total. The van der Waals surface area contributed by atoms with Crippen LogP contribution in [0.25, 0.3) is 22.5 Å². The van der Waals surface area contributed by atoms with Crippen molar-refractivity contribution in [3.05, 3.63) is 71.7 Å². The summed E-state index contributed by atoms with van der Waals surface area (Å²) >= 11 is 0. The monoisotopic (exact) mass is 415 g/mol. The van der Waals surface area contributed by atoms with E-state index < -0.39 is 5.97 Å². The lowest BCUT2D eigenvalue weighted by molar-refractivity contribution is 0.0526. The van der Waals surface area contributed by atoms with Gasteiger partial charge in [0.15, 0.2) is 5.82 Å². The van der Waals surface area contributed by atoms with Gasteiger partial charge in [0.2, 0.25) is 0 Å². The lowest BCUT2D eigenvalue weighted by atomic mass is 9.98. The van der Waals surface area contributed by atoms with Crippen LogP contribution in [0.1, 0.15) is 28.7 Å². The Morgan fingerprint density at radius 2 is 1.87 bits per heavy atom. The van der Waals surface area contributed by atoms with Crippen LogP contribution in [0.2, 0.25) is 0 Å². The number of tetrazole rings is 1. The Bertz CT molecular complexity index is 1170. The fourth-order valence-corrected chi connectivity index (χ4v) is 3.17. The zero-order valence-electron chi connectivity index (χ0n) is 17.2. The number of nitrogens with zero attached hydrogens (tertiary/aromatic N) is 5. The molecule has 2 aromatic carbocycles. The van der Waals surface area contributed by atoms with Gasteiger partial charge in [-0.05, 0) is 41.0 Å². The van der Waals surface area contributed by atoms with Crippen molar-refractivity contribution in [3.63, 3.8) is 0 Å². The summed E-state index contributed by atoms with van der Waals surface area (Å²) in [7, 11) is 0. The van der Waals surface area contributed by atoms with Gasteiger partial charge in [-0.3, -0.25) is 0 Å². The molecule has 0 bridgehead atoms. The smallest absolute Gasteiger partial charge is 0.343 e. The molecular weight excluding hydrogens is 394 g/mol. The number of benzene rings is 2. The first-order valence-corrected chi connectivity index (χ1v) is 9.82. The molecule has 0 aliphatic rings. The number of carbonyl (C=O) groups is 1. The van der Waals surface area contributed by atoms with E-state index in [-0.39, 0.29) is 0 Å². The number of aromatic nitrogens is 6. The standard InChI is InChI=1S/C22H21N7O2/c1-3-31-22(30)19-13-23-14(2)25-20(19)24-12-15-8-10-16(11-9-15)17-6-4-5-7-18(17)21-26-28-29-27-21/h4-11,13H,3,12H2,1-2H3,(H,23,24,25)(H,26,27,28,29). The van der Waals surface area contributed by atoms with Crippen LogP contribution in [0.15, 0.2) is 54.7 Å². The second-order valence-electron chi connectivity index (χ2n) is 6.75. The number of aryl methyl sites for hydroxylation is 1. The van der Waals surface area contributed by atoms with Gasteiger partial charge in [-0.15, -0.1) is 5.10 Å². The average Bonchev–Trinajstić information content (AvgIpc) is 3.33. The van der Waals surface area contributed by atoms with Gasteiger partial charge in [-0.1, -0.05) is 48.5 Å². The Labute approximate surface area is 178 Å². The topological polar surface area (TPSA) is 119 Å². The van der Waals surface area contributed by atoms with Crippen LogP contribution >= 0.6 is 0 Å². The second-order valence-corrected chi connectivity index (χ2v) is 6.75. The number of nitrogens with one attached hydrogen (secondary N) is 2. The predicted molar refractivity (Wildman–Crippen MR) is 115 cm³/mol. The van der Waals surface area contributed by atoms with Gasteiger partial charge in [0.25, 0.3) is 0 Å². The van der Waals surface area contributed by atoms with E-state index in [2.05, 4.69) is 35.9 Å². The molecule has 0 spiro atoms. The Morgan fingerprint density at radius 3 is 2.58 bits per heavy atom. The fourth-order valence-electron chi connectivity index (χ4n) is 3.17. The zero-order valence-corrected chi connectivity index (χ0v) is 17.2. The molecule has 31 heavy (non-hydrogen) atoms. The number of aromatic amines is 1. The van der Waals surface area contributed by atoms with Gasteiger partial charge in [0.1, 0.15) is 17.2 Å². The molecule has 156 valence electrons. The highest BCUT2D eigenvalue weighted by Crippen LogP contribution is 2.29. The quantitative estimate of drug-likeness (QED) is 0.441. The molecule has 4 aromatic rings. The number of rotatable bonds is 7. The lowest BCUT2D eigenvalue weighted by Crippen LogP contribution is -2.13. The van der Waals surface area contributed by atoms with Gasteiger partial charge in [0.05, 0.1) is 6.61 Å². The summed E-state index contributed by atoms with van der Waals surface area (Å²) in [6, 6.07) is 16.1. The third-order valence-electron chi connectivity index (χ3n) is 4.66. The summed E-state index contributed by atoms with van der Waals surface area (Å²) < 4.78 is 5.09. The third-order valence-corrected chi connectivity index (χ3v) is 4.66. The largest absolute Gasteiger partial charge is 0.462 e. The number of ether oxygens (including phenoxy) is 1. The van der Waals surface area contributed by atoms with E-state index >= 15 is 0 Å². The Kier molecular flexibility index (Phi) is 5.93. The summed E-state index contributed by atoms with van der Waals surface area (Å²) in [5.74, 6) is 1.20. The van der Waals surface area contributed by atoms with Crippen molar-refractivity contribution in [3.8, 4) is 22.5 Å². The maximum Gasteiger partial charge on any atom is 0.343 e. The van der Waals surface area contributed by atoms with Gasteiger partial charge < -0.3 is 10.1 Å². The molecule has 0 saturated carbocycles. The molecule has 0 atom stereocenters. The van der Waals surface area contributed by atoms with Crippen LogP contribution < -0.4 is 5.32 Å². The normalized spacial score (nSPS) is 10.6. The molecule has 0 aliphatic carbocycles. The minimum absolute atomic E-state index is 0.291. The SMILES string of the molecule is CCOC(=O)c1cnc(C)nc1NCc1ccc(-c2ccccc2-c2nnn[nH]2)cc1. The van der Waals surface area contributed by atoms with E-state index in [1.165, 1.54) is 6.20 Å². The average molecular weight is 415 g/mol. The van der Waals surface area contributed by atoms with Gasteiger partial charge in [-0.2, -0.15) is 0 Å². The molecule has 0 fully saturated rings. The lowest BCUT2D eigenvalue weighted by Gasteiger charge is -2.12. The highest BCUT2D eigenvalue weighted by Gasteiger charge is 2.15. The minimum Gasteiger partial charge on any atom is -0.462 e. The first-order valence-electron chi connectivity index (χ1n) is 9.82. The maximum atomic E-state index is 12.2. The van der Waals surface area contributed by atoms with Gasteiger partial charge in [0, 0.05) is 18.3 Å². The number of H-pyrrole nitrogens is 1. The van der Waals surface area contributed by atoms with Crippen molar-refractivity contribution in [1.82, 2.24) is 30.6 Å². The number of esters is 1. The summed E-state index contributed by atoms with van der Waals surface area (Å²) in [6.45, 7) is 4.32. The van der Waals surface area contributed by atoms with Crippen molar-refractivity contribution < 1.29 is 9.53 Å². The summed E-state index contributed by atoms with van der Waals surface area (Å²) in [6.07, 6.45) is 1.49.